The number of hydrogen-bond donors (Lipinski definition) is 1. The molecular weight excluding hydrogens is 418 g/mol. The van der Waals surface area contributed by atoms with E-state index in [0.29, 0.717) is 29.7 Å². The lowest BCUT2D eigenvalue weighted by atomic mass is 9.82. The van der Waals surface area contributed by atoms with Crippen molar-refractivity contribution in [3.05, 3.63) is 53.8 Å². The molecule has 4 rings (SSSR count). The molecule has 0 aromatic heterocycles. The molecule has 1 amide bonds. The number of rotatable bonds is 2. The van der Waals surface area contributed by atoms with Gasteiger partial charge in [-0.2, -0.15) is 0 Å². The fraction of sp³-hybridized carbons (Fsp3) is 0.409. The maximum Gasteiger partial charge on any atom is 0.414 e. The van der Waals surface area contributed by atoms with E-state index >= 15 is 0 Å². The molecule has 0 bridgehead atoms. The van der Waals surface area contributed by atoms with Crippen molar-refractivity contribution >= 4 is 34.9 Å². The predicted octanol–water partition coefficient (Wildman–Crippen LogP) is 2.41. The Morgan fingerprint density at radius 1 is 1.23 bits per heavy atom. The van der Waals surface area contributed by atoms with Crippen LogP contribution < -0.4 is 15.7 Å². The fourth-order valence-electron chi connectivity index (χ4n) is 4.50. The highest BCUT2D eigenvalue weighted by Gasteiger charge is 2.59. The Morgan fingerprint density at radius 2 is 1.90 bits per heavy atom. The summed E-state index contributed by atoms with van der Waals surface area (Å²) in [6.45, 7) is 5.87. The van der Waals surface area contributed by atoms with Crippen molar-refractivity contribution in [2.24, 2.45) is 0 Å². The number of halogens is 1. The van der Waals surface area contributed by atoms with Gasteiger partial charge in [0.2, 0.25) is 0 Å². The molecule has 0 aliphatic carbocycles. The first-order chi connectivity index (χ1) is 14.5. The Labute approximate surface area is 183 Å². The molecule has 2 aliphatic rings. The normalized spacial score (nSPS) is 23.2. The third kappa shape index (κ3) is 3.53. The summed E-state index contributed by atoms with van der Waals surface area (Å²) >= 11 is 0. The van der Waals surface area contributed by atoms with Crippen LogP contribution in [-0.2, 0) is 19.3 Å². The molecule has 2 atom stereocenters. The standard InChI is InChI=1S/C22H24BFN2O4S/c1-21(2,3)30-20(27)26-13-19-22(10-11-25-19,17-9-4-14(23)12-18(17)26)31(28,29)16-7-5-15(24)6-8-16/h4-9,12,19,25H,10-11,13H2,1-3H3. The van der Waals surface area contributed by atoms with E-state index in [1.807, 2.05) is 0 Å². The van der Waals surface area contributed by atoms with Crippen molar-refractivity contribution in [2.75, 3.05) is 18.0 Å². The second kappa shape index (κ2) is 7.34. The zero-order valence-electron chi connectivity index (χ0n) is 17.7. The lowest BCUT2D eigenvalue weighted by Crippen LogP contribution is -2.58. The van der Waals surface area contributed by atoms with Crippen LogP contribution in [0.1, 0.15) is 32.8 Å². The molecule has 1 fully saturated rings. The van der Waals surface area contributed by atoms with Crippen LogP contribution in [0, 0.1) is 5.82 Å². The van der Waals surface area contributed by atoms with E-state index < -0.39 is 38.1 Å². The highest BCUT2D eigenvalue weighted by atomic mass is 32.2. The van der Waals surface area contributed by atoms with Gasteiger partial charge in [0.1, 0.15) is 24.0 Å². The summed E-state index contributed by atoms with van der Waals surface area (Å²) in [4.78, 5) is 14.5. The van der Waals surface area contributed by atoms with E-state index in [4.69, 9.17) is 12.6 Å². The molecule has 2 radical (unpaired) electrons. The minimum atomic E-state index is -3.94. The van der Waals surface area contributed by atoms with Crippen molar-refractivity contribution in [3.8, 4) is 0 Å². The van der Waals surface area contributed by atoms with Crippen molar-refractivity contribution < 1.29 is 22.3 Å². The number of benzene rings is 2. The SMILES string of the molecule is [B]c1ccc2c(c1)N(C(=O)OC(C)(C)C)CC1NCCC21S(=O)(=O)c1ccc(F)cc1. The van der Waals surface area contributed by atoms with Crippen LogP contribution in [0.2, 0.25) is 0 Å². The number of carbonyl (C=O) groups excluding carboxylic acids is 1. The fourth-order valence-corrected chi connectivity index (χ4v) is 6.78. The Bertz CT molecular complexity index is 1130. The molecule has 1 N–H and O–H groups in total. The third-order valence-electron chi connectivity index (χ3n) is 5.80. The van der Waals surface area contributed by atoms with Gasteiger partial charge < -0.3 is 10.1 Å². The van der Waals surface area contributed by atoms with Crippen LogP contribution >= 0.6 is 0 Å². The lowest BCUT2D eigenvalue weighted by molar-refractivity contribution is 0.0572. The summed E-state index contributed by atoms with van der Waals surface area (Å²) in [7, 11) is 2.07. The van der Waals surface area contributed by atoms with Gasteiger partial charge in [0.05, 0.1) is 10.6 Å². The molecule has 2 aliphatic heterocycles. The Morgan fingerprint density at radius 3 is 2.55 bits per heavy atom. The zero-order valence-corrected chi connectivity index (χ0v) is 18.5. The average molecular weight is 442 g/mol. The molecule has 2 aromatic rings. The van der Waals surface area contributed by atoms with E-state index in [-0.39, 0.29) is 11.4 Å². The first-order valence-electron chi connectivity index (χ1n) is 10.1. The molecule has 2 heterocycles. The first kappa shape index (κ1) is 21.8. The summed E-state index contributed by atoms with van der Waals surface area (Å²) in [5.74, 6) is -0.509. The molecule has 1 saturated heterocycles. The van der Waals surface area contributed by atoms with Gasteiger partial charge >= 0.3 is 6.09 Å². The number of fused-ring (bicyclic) bond motifs is 3. The van der Waals surface area contributed by atoms with Gasteiger partial charge in [-0.1, -0.05) is 17.6 Å². The number of sulfone groups is 1. The van der Waals surface area contributed by atoms with Gasteiger partial charge in [0.25, 0.3) is 0 Å². The Kier molecular flexibility index (Phi) is 5.17. The Hall–Kier alpha value is -2.39. The van der Waals surface area contributed by atoms with Gasteiger partial charge in [-0.25, -0.2) is 17.6 Å². The van der Waals surface area contributed by atoms with E-state index in [2.05, 4.69) is 5.32 Å². The number of anilines is 1. The van der Waals surface area contributed by atoms with Crippen LogP contribution in [0.4, 0.5) is 14.9 Å². The van der Waals surface area contributed by atoms with Crippen molar-refractivity contribution in [2.45, 2.75) is 48.5 Å². The highest BCUT2D eigenvalue weighted by Crippen LogP contribution is 2.50. The van der Waals surface area contributed by atoms with E-state index in [9.17, 15) is 17.6 Å². The van der Waals surface area contributed by atoms with Crippen LogP contribution in [0.25, 0.3) is 0 Å². The summed E-state index contributed by atoms with van der Waals surface area (Å²) in [5.41, 5.74) is 0.596. The number of nitrogens with zero attached hydrogens (tertiary/aromatic N) is 1. The minimum absolute atomic E-state index is 0.0380. The number of hydrogen-bond acceptors (Lipinski definition) is 5. The van der Waals surface area contributed by atoms with Gasteiger partial charge in [-0.05, 0) is 69.6 Å². The number of carbonyl (C=O) groups is 1. The lowest BCUT2D eigenvalue weighted by Gasteiger charge is -2.44. The quantitative estimate of drug-likeness (QED) is 0.571. The van der Waals surface area contributed by atoms with Gasteiger partial charge in [-0.3, -0.25) is 4.90 Å². The molecule has 31 heavy (non-hydrogen) atoms. The molecule has 2 unspecified atom stereocenters. The van der Waals surface area contributed by atoms with Crippen LogP contribution in [0.15, 0.2) is 47.4 Å². The zero-order chi connectivity index (χ0) is 22.6. The Balaban J connectivity index is 1.90. The van der Waals surface area contributed by atoms with Crippen molar-refractivity contribution in [1.29, 1.82) is 0 Å². The summed E-state index contributed by atoms with van der Waals surface area (Å²) in [6, 6.07) is 9.19. The average Bonchev–Trinajstić information content (AvgIpc) is 3.11. The predicted molar refractivity (Wildman–Crippen MR) is 117 cm³/mol. The highest BCUT2D eigenvalue weighted by molar-refractivity contribution is 7.92. The maximum atomic E-state index is 13.9. The number of ether oxygens (including phenoxy) is 1. The summed E-state index contributed by atoms with van der Waals surface area (Å²) < 4.78 is 45.6. The summed E-state index contributed by atoms with van der Waals surface area (Å²) in [5, 5.41) is 3.26. The van der Waals surface area contributed by atoms with Crippen LogP contribution in [-0.4, -0.2) is 47.1 Å². The first-order valence-corrected chi connectivity index (χ1v) is 11.6. The van der Waals surface area contributed by atoms with E-state index in [1.165, 1.54) is 17.0 Å². The molecular formula is C22H24BFN2O4S. The molecule has 2 aromatic carbocycles. The monoisotopic (exact) mass is 442 g/mol. The molecule has 0 spiro atoms. The largest absolute Gasteiger partial charge is 0.443 e. The van der Waals surface area contributed by atoms with E-state index in [1.54, 1.807) is 39.0 Å². The number of amides is 1. The second-order valence-corrected chi connectivity index (χ2v) is 11.2. The third-order valence-corrected chi connectivity index (χ3v) is 8.36. The van der Waals surface area contributed by atoms with Crippen LogP contribution in [0.5, 0.6) is 0 Å². The summed E-state index contributed by atoms with van der Waals surface area (Å²) in [6.07, 6.45) is -0.253. The van der Waals surface area contributed by atoms with Crippen molar-refractivity contribution in [3.63, 3.8) is 0 Å². The minimum Gasteiger partial charge on any atom is -0.443 e. The maximum absolute atomic E-state index is 13.9. The topological polar surface area (TPSA) is 75.7 Å². The van der Waals surface area contributed by atoms with Gasteiger partial charge in [0.15, 0.2) is 9.84 Å². The molecule has 162 valence electrons. The molecule has 0 saturated carbocycles. The smallest absolute Gasteiger partial charge is 0.414 e. The molecule has 9 heteroatoms. The van der Waals surface area contributed by atoms with Crippen molar-refractivity contribution in [1.82, 2.24) is 5.32 Å². The van der Waals surface area contributed by atoms with Gasteiger partial charge in [0, 0.05) is 12.6 Å². The van der Waals surface area contributed by atoms with E-state index in [0.717, 1.165) is 12.1 Å². The molecule has 6 nitrogen and oxygen atoms in total. The number of nitrogens with one attached hydrogen (secondary N) is 1. The second-order valence-electron chi connectivity index (χ2n) is 8.97. The van der Waals surface area contributed by atoms with Gasteiger partial charge in [-0.15, -0.1) is 0 Å². The van der Waals surface area contributed by atoms with Crippen LogP contribution in [0.3, 0.4) is 0 Å².